The Labute approximate surface area is 104 Å². The molecule has 92 valence electrons. The summed E-state index contributed by atoms with van der Waals surface area (Å²) >= 11 is 0. The fraction of sp³-hybridized carbons (Fsp3) is 0.154. The summed E-state index contributed by atoms with van der Waals surface area (Å²) in [6, 6.07) is 5.23. The molecule has 0 atom stereocenters. The summed E-state index contributed by atoms with van der Waals surface area (Å²) in [5, 5.41) is 0. The smallest absolute Gasteiger partial charge is 0.215 e. The molecule has 0 spiro atoms. The van der Waals surface area contributed by atoms with Gasteiger partial charge in [-0.3, -0.25) is 4.79 Å². The summed E-state index contributed by atoms with van der Waals surface area (Å²) < 4.78 is 12.8. The second-order valence-corrected chi connectivity index (χ2v) is 3.96. The average molecular weight is 245 g/mol. The van der Waals surface area contributed by atoms with Gasteiger partial charge in [0.25, 0.3) is 0 Å². The lowest BCUT2D eigenvalue weighted by Gasteiger charge is -2.06. The van der Waals surface area contributed by atoms with Gasteiger partial charge in [0.1, 0.15) is 5.82 Å². The maximum atomic E-state index is 12.8. The van der Waals surface area contributed by atoms with Crippen LogP contribution in [0.5, 0.6) is 0 Å². The van der Waals surface area contributed by atoms with Gasteiger partial charge in [0.15, 0.2) is 11.5 Å². The van der Waals surface area contributed by atoms with Crippen molar-refractivity contribution in [3.05, 3.63) is 52.7 Å². The van der Waals surface area contributed by atoms with Crippen LogP contribution in [0.15, 0.2) is 24.3 Å². The van der Waals surface area contributed by atoms with Crippen LogP contribution in [0.4, 0.5) is 10.2 Å². The number of nitrogens with two attached hydrogens (primary N) is 1. The van der Waals surface area contributed by atoms with Crippen molar-refractivity contribution in [3.63, 3.8) is 0 Å². The van der Waals surface area contributed by atoms with Gasteiger partial charge in [-0.15, -0.1) is 0 Å². The largest absolute Gasteiger partial charge is 0.382 e. The van der Waals surface area contributed by atoms with Crippen LogP contribution in [-0.4, -0.2) is 15.8 Å². The fourth-order valence-electron chi connectivity index (χ4n) is 1.53. The Morgan fingerprint density at radius 2 is 1.67 bits per heavy atom. The zero-order chi connectivity index (χ0) is 13.3. The first-order valence-corrected chi connectivity index (χ1v) is 5.40. The lowest BCUT2D eigenvalue weighted by molar-refractivity contribution is 0.103. The number of hydrogen-bond donors (Lipinski definition) is 1. The van der Waals surface area contributed by atoms with Crippen LogP contribution in [0.2, 0.25) is 0 Å². The first-order valence-electron chi connectivity index (χ1n) is 5.40. The third-order valence-electron chi connectivity index (χ3n) is 2.66. The molecule has 0 aliphatic rings. The van der Waals surface area contributed by atoms with E-state index in [1.54, 1.807) is 13.8 Å². The number of rotatable bonds is 2. The third kappa shape index (κ3) is 2.20. The van der Waals surface area contributed by atoms with Gasteiger partial charge in [-0.2, -0.15) is 0 Å². The summed E-state index contributed by atoms with van der Waals surface area (Å²) in [4.78, 5) is 20.3. The number of benzene rings is 1. The highest BCUT2D eigenvalue weighted by Crippen LogP contribution is 2.15. The molecule has 2 aromatic rings. The Balaban J connectivity index is 2.46. The molecule has 1 heterocycles. The van der Waals surface area contributed by atoms with Gasteiger partial charge in [-0.05, 0) is 38.1 Å². The molecule has 2 N–H and O–H groups in total. The number of aryl methyl sites for hydroxylation is 2. The van der Waals surface area contributed by atoms with E-state index in [0.29, 0.717) is 17.0 Å². The molecular weight excluding hydrogens is 233 g/mol. The molecule has 1 aromatic carbocycles. The molecule has 0 aliphatic heterocycles. The van der Waals surface area contributed by atoms with Crippen LogP contribution in [0.3, 0.4) is 0 Å². The highest BCUT2D eigenvalue weighted by atomic mass is 19.1. The first-order chi connectivity index (χ1) is 8.49. The Morgan fingerprint density at radius 3 is 2.28 bits per heavy atom. The molecule has 4 nitrogen and oxygen atoms in total. The number of carbonyl (C=O) groups is 1. The maximum absolute atomic E-state index is 12.8. The van der Waals surface area contributed by atoms with Crippen LogP contribution >= 0.6 is 0 Å². The number of halogens is 1. The molecule has 0 radical (unpaired) electrons. The first kappa shape index (κ1) is 12.2. The SMILES string of the molecule is Cc1nc(N)c(C(=O)c2ccc(F)cc2)nc1C. The van der Waals surface area contributed by atoms with Crippen molar-refractivity contribution in [2.45, 2.75) is 13.8 Å². The normalized spacial score (nSPS) is 10.4. The molecule has 0 amide bonds. The van der Waals surface area contributed by atoms with Crippen molar-refractivity contribution in [2.24, 2.45) is 0 Å². The van der Waals surface area contributed by atoms with E-state index in [1.807, 2.05) is 0 Å². The van der Waals surface area contributed by atoms with E-state index in [4.69, 9.17) is 5.73 Å². The monoisotopic (exact) mass is 245 g/mol. The molecule has 0 bridgehead atoms. The zero-order valence-corrected chi connectivity index (χ0v) is 10.1. The number of ketones is 1. The molecule has 0 aliphatic carbocycles. The average Bonchev–Trinajstić information content (AvgIpc) is 2.34. The molecule has 0 saturated heterocycles. The minimum Gasteiger partial charge on any atom is -0.382 e. The van der Waals surface area contributed by atoms with E-state index in [9.17, 15) is 9.18 Å². The third-order valence-corrected chi connectivity index (χ3v) is 2.66. The zero-order valence-electron chi connectivity index (χ0n) is 10.1. The van der Waals surface area contributed by atoms with Gasteiger partial charge in [-0.1, -0.05) is 0 Å². The van der Waals surface area contributed by atoms with Gasteiger partial charge in [0.05, 0.1) is 11.4 Å². The van der Waals surface area contributed by atoms with Crippen LogP contribution in [0.1, 0.15) is 27.4 Å². The highest BCUT2D eigenvalue weighted by molar-refractivity contribution is 6.10. The van der Waals surface area contributed by atoms with Crippen LogP contribution in [0, 0.1) is 19.7 Å². The topological polar surface area (TPSA) is 68.9 Å². The number of nitrogens with zero attached hydrogens (tertiary/aromatic N) is 2. The fourth-order valence-corrected chi connectivity index (χ4v) is 1.53. The molecule has 0 saturated carbocycles. The molecular formula is C13H12FN3O. The van der Waals surface area contributed by atoms with E-state index in [2.05, 4.69) is 9.97 Å². The van der Waals surface area contributed by atoms with Crippen LogP contribution in [0.25, 0.3) is 0 Å². The summed E-state index contributed by atoms with van der Waals surface area (Å²) in [7, 11) is 0. The van der Waals surface area contributed by atoms with Gasteiger partial charge in [0.2, 0.25) is 5.78 Å². The van der Waals surface area contributed by atoms with Gasteiger partial charge >= 0.3 is 0 Å². The number of hydrogen-bond acceptors (Lipinski definition) is 4. The van der Waals surface area contributed by atoms with Gasteiger partial charge < -0.3 is 5.73 Å². The highest BCUT2D eigenvalue weighted by Gasteiger charge is 2.16. The molecule has 1 aromatic heterocycles. The number of aromatic nitrogens is 2. The molecule has 0 unspecified atom stereocenters. The minimum atomic E-state index is -0.398. The van der Waals surface area contributed by atoms with Gasteiger partial charge in [-0.25, -0.2) is 14.4 Å². The van der Waals surface area contributed by atoms with Crippen LogP contribution in [-0.2, 0) is 0 Å². The molecule has 2 rings (SSSR count). The maximum Gasteiger partial charge on any atom is 0.215 e. The molecule has 0 fully saturated rings. The summed E-state index contributed by atoms with van der Waals surface area (Å²) in [6.45, 7) is 3.52. The van der Waals surface area contributed by atoms with E-state index in [-0.39, 0.29) is 17.3 Å². The van der Waals surface area contributed by atoms with Crippen molar-refractivity contribution in [3.8, 4) is 0 Å². The summed E-state index contributed by atoms with van der Waals surface area (Å²) in [5.41, 5.74) is 7.46. The van der Waals surface area contributed by atoms with Crippen molar-refractivity contribution < 1.29 is 9.18 Å². The van der Waals surface area contributed by atoms with Crippen molar-refractivity contribution in [1.29, 1.82) is 0 Å². The van der Waals surface area contributed by atoms with Crippen molar-refractivity contribution in [1.82, 2.24) is 9.97 Å². The summed E-state index contributed by atoms with van der Waals surface area (Å²) in [6.07, 6.45) is 0. The number of anilines is 1. The second-order valence-electron chi connectivity index (χ2n) is 3.96. The predicted molar refractivity (Wildman–Crippen MR) is 65.8 cm³/mol. The summed E-state index contributed by atoms with van der Waals surface area (Å²) in [5.74, 6) is -0.666. The van der Waals surface area contributed by atoms with E-state index in [1.165, 1.54) is 24.3 Å². The quantitative estimate of drug-likeness (QED) is 0.822. The standard InChI is InChI=1S/C13H12FN3O/c1-7-8(2)17-13(15)11(16-7)12(18)9-3-5-10(14)6-4-9/h3-6H,1-2H3,(H2,15,17). The van der Waals surface area contributed by atoms with Crippen LogP contribution < -0.4 is 5.73 Å². The molecule has 5 heteroatoms. The van der Waals surface area contributed by atoms with Gasteiger partial charge in [0, 0.05) is 5.56 Å². The lowest BCUT2D eigenvalue weighted by atomic mass is 10.1. The predicted octanol–water partition coefficient (Wildman–Crippen LogP) is 2.05. The van der Waals surface area contributed by atoms with Crippen molar-refractivity contribution in [2.75, 3.05) is 5.73 Å². The van der Waals surface area contributed by atoms with E-state index < -0.39 is 5.82 Å². The second kappa shape index (κ2) is 4.52. The molecule has 18 heavy (non-hydrogen) atoms. The Bertz CT molecular complexity index is 608. The number of carbonyl (C=O) groups excluding carboxylic acids is 1. The Morgan fingerprint density at radius 1 is 1.11 bits per heavy atom. The Kier molecular flexibility index (Phi) is 3.06. The lowest BCUT2D eigenvalue weighted by Crippen LogP contribution is -2.12. The van der Waals surface area contributed by atoms with E-state index >= 15 is 0 Å². The Hall–Kier alpha value is -2.30. The van der Waals surface area contributed by atoms with Crippen molar-refractivity contribution >= 4 is 11.6 Å². The minimum absolute atomic E-state index is 0.0902. The number of nitrogen functional groups attached to an aromatic ring is 1. The van der Waals surface area contributed by atoms with E-state index in [0.717, 1.165) is 0 Å².